The number of hydrogen-bond acceptors (Lipinski definition) is 4. The predicted molar refractivity (Wildman–Crippen MR) is 73.7 cm³/mol. The van der Waals surface area contributed by atoms with Gasteiger partial charge in [-0.15, -0.1) is 0 Å². The molecule has 1 aliphatic rings. The van der Waals surface area contributed by atoms with Crippen LogP contribution in [0.2, 0.25) is 0 Å². The first-order chi connectivity index (χ1) is 8.90. The molecule has 0 spiro atoms. The van der Waals surface area contributed by atoms with Gasteiger partial charge >= 0.3 is 0 Å². The van der Waals surface area contributed by atoms with Crippen LogP contribution in [-0.4, -0.2) is 13.4 Å². The Bertz CT molecular complexity index is 634. The number of aliphatic imine (C=N–C) groups is 1. The van der Waals surface area contributed by atoms with Crippen molar-refractivity contribution in [3.63, 3.8) is 0 Å². The monoisotopic (exact) mass is 239 g/mol. The summed E-state index contributed by atoms with van der Waals surface area (Å²) < 4.78 is 5.45. The molecular weight excluding hydrogens is 226 g/mol. The second kappa shape index (κ2) is 4.41. The summed E-state index contributed by atoms with van der Waals surface area (Å²) >= 11 is 0. The third kappa shape index (κ3) is 1.68. The maximum atomic E-state index is 5.45. The quantitative estimate of drug-likeness (QED) is 0.875. The third-order valence-corrected chi connectivity index (χ3v) is 2.90. The van der Waals surface area contributed by atoms with E-state index in [9.17, 15) is 0 Å². The van der Waals surface area contributed by atoms with Gasteiger partial charge in [0.05, 0.1) is 7.11 Å². The van der Waals surface area contributed by atoms with Crippen LogP contribution in [0, 0.1) is 0 Å². The number of nitrogens with one attached hydrogen (secondary N) is 1. The number of fused-ring (bicyclic) bond motifs is 1. The number of anilines is 1. The average Bonchev–Trinajstić information content (AvgIpc) is 2.47. The van der Waals surface area contributed by atoms with Gasteiger partial charge in [-0.1, -0.05) is 30.3 Å². The number of benzene rings is 2. The van der Waals surface area contributed by atoms with Crippen LogP contribution < -0.4 is 15.2 Å². The standard InChI is InChI=1S/C14H13N3O/c1-18-13-7-6-11-4-2-3-5-12(11)14(13)17-9-8-15-10-16-17/h2-10H,1H3,(H,15,16). The smallest absolute Gasteiger partial charge is 0.145 e. The Hall–Kier alpha value is -2.49. The van der Waals surface area contributed by atoms with Gasteiger partial charge in [0.2, 0.25) is 0 Å². The second-order valence-corrected chi connectivity index (χ2v) is 3.91. The lowest BCUT2D eigenvalue weighted by Crippen LogP contribution is -2.34. The molecule has 0 radical (unpaired) electrons. The summed E-state index contributed by atoms with van der Waals surface area (Å²) in [4.78, 5) is 3.99. The van der Waals surface area contributed by atoms with Crippen LogP contribution >= 0.6 is 0 Å². The van der Waals surface area contributed by atoms with E-state index in [1.54, 1.807) is 19.6 Å². The fourth-order valence-corrected chi connectivity index (χ4v) is 2.07. The van der Waals surface area contributed by atoms with Crippen molar-refractivity contribution in [2.24, 2.45) is 4.99 Å². The van der Waals surface area contributed by atoms with Gasteiger partial charge in [-0.2, -0.15) is 0 Å². The summed E-state index contributed by atoms with van der Waals surface area (Å²) in [5, 5.41) is 4.20. The largest absolute Gasteiger partial charge is 0.494 e. The molecule has 0 saturated carbocycles. The van der Waals surface area contributed by atoms with Crippen LogP contribution in [0.15, 0.2) is 53.8 Å². The summed E-state index contributed by atoms with van der Waals surface area (Å²) in [6.45, 7) is 0. The maximum absolute atomic E-state index is 5.45. The van der Waals surface area contributed by atoms with Crippen molar-refractivity contribution in [1.82, 2.24) is 5.43 Å². The summed E-state index contributed by atoms with van der Waals surface area (Å²) in [6.07, 6.45) is 5.24. The van der Waals surface area contributed by atoms with Gasteiger partial charge < -0.3 is 4.74 Å². The molecule has 0 atom stereocenters. The Morgan fingerprint density at radius 3 is 2.83 bits per heavy atom. The van der Waals surface area contributed by atoms with E-state index >= 15 is 0 Å². The van der Waals surface area contributed by atoms with Gasteiger partial charge in [-0.3, -0.25) is 10.4 Å². The number of rotatable bonds is 2. The number of nitrogens with zero attached hydrogens (tertiary/aromatic N) is 2. The molecule has 3 rings (SSSR count). The average molecular weight is 239 g/mol. The molecule has 90 valence electrons. The SMILES string of the molecule is COc1ccc2ccccc2c1N1C=CN=CN1. The molecule has 1 heterocycles. The maximum Gasteiger partial charge on any atom is 0.145 e. The van der Waals surface area contributed by atoms with Gasteiger partial charge in [0.1, 0.15) is 17.8 Å². The fourth-order valence-electron chi connectivity index (χ4n) is 2.07. The minimum Gasteiger partial charge on any atom is -0.494 e. The highest BCUT2D eigenvalue weighted by molar-refractivity contribution is 5.98. The summed E-state index contributed by atoms with van der Waals surface area (Å²) in [7, 11) is 1.68. The van der Waals surface area contributed by atoms with E-state index < -0.39 is 0 Å². The molecular formula is C14H13N3O. The second-order valence-electron chi connectivity index (χ2n) is 3.91. The van der Waals surface area contributed by atoms with E-state index in [1.165, 1.54) is 5.39 Å². The Morgan fingerprint density at radius 2 is 2.06 bits per heavy atom. The topological polar surface area (TPSA) is 36.9 Å². The number of hydrazine groups is 1. The predicted octanol–water partition coefficient (Wildman–Crippen LogP) is 2.67. The van der Waals surface area contributed by atoms with Gasteiger partial charge in [0.25, 0.3) is 0 Å². The molecule has 0 unspecified atom stereocenters. The van der Waals surface area contributed by atoms with E-state index in [1.807, 2.05) is 29.4 Å². The van der Waals surface area contributed by atoms with Crippen molar-refractivity contribution in [3.05, 3.63) is 48.8 Å². The van der Waals surface area contributed by atoms with Gasteiger partial charge in [0.15, 0.2) is 0 Å². The van der Waals surface area contributed by atoms with Crippen molar-refractivity contribution in [2.75, 3.05) is 12.1 Å². The van der Waals surface area contributed by atoms with Crippen LogP contribution in [-0.2, 0) is 0 Å². The third-order valence-electron chi connectivity index (χ3n) is 2.90. The van der Waals surface area contributed by atoms with Crippen molar-refractivity contribution in [2.45, 2.75) is 0 Å². The van der Waals surface area contributed by atoms with Crippen LogP contribution in [0.3, 0.4) is 0 Å². The van der Waals surface area contributed by atoms with Crippen LogP contribution in [0.4, 0.5) is 5.69 Å². The molecule has 4 nitrogen and oxygen atoms in total. The highest BCUT2D eigenvalue weighted by Crippen LogP contribution is 2.35. The zero-order chi connectivity index (χ0) is 12.4. The first kappa shape index (κ1) is 10.7. The highest BCUT2D eigenvalue weighted by Gasteiger charge is 2.14. The number of hydrogen-bond donors (Lipinski definition) is 1. The Kier molecular flexibility index (Phi) is 2.61. The molecule has 18 heavy (non-hydrogen) atoms. The Balaban J connectivity index is 2.23. The zero-order valence-corrected chi connectivity index (χ0v) is 10.00. The molecule has 4 heteroatoms. The first-order valence-electron chi connectivity index (χ1n) is 5.69. The lowest BCUT2D eigenvalue weighted by Gasteiger charge is -2.24. The molecule has 0 aliphatic carbocycles. The van der Waals surface area contributed by atoms with E-state index in [0.29, 0.717) is 0 Å². The summed E-state index contributed by atoms with van der Waals surface area (Å²) in [5.74, 6) is 0.821. The van der Waals surface area contributed by atoms with Crippen LogP contribution in [0.1, 0.15) is 0 Å². The van der Waals surface area contributed by atoms with Crippen LogP contribution in [0.25, 0.3) is 10.8 Å². The lowest BCUT2D eigenvalue weighted by atomic mass is 10.1. The molecule has 0 fully saturated rings. The van der Waals surface area contributed by atoms with Crippen molar-refractivity contribution >= 4 is 22.8 Å². The zero-order valence-electron chi connectivity index (χ0n) is 10.00. The minimum absolute atomic E-state index is 0.821. The van der Waals surface area contributed by atoms with Crippen molar-refractivity contribution in [1.29, 1.82) is 0 Å². The molecule has 2 aromatic carbocycles. The summed E-state index contributed by atoms with van der Waals surface area (Å²) in [6, 6.07) is 12.2. The Labute approximate surface area is 105 Å². The number of ether oxygens (including phenoxy) is 1. The molecule has 0 aromatic heterocycles. The molecule has 2 aromatic rings. The van der Waals surface area contributed by atoms with Gasteiger partial charge in [-0.25, -0.2) is 4.99 Å². The fraction of sp³-hybridized carbons (Fsp3) is 0.0714. The van der Waals surface area contributed by atoms with Crippen LogP contribution in [0.5, 0.6) is 5.75 Å². The Morgan fingerprint density at radius 1 is 1.17 bits per heavy atom. The van der Waals surface area contributed by atoms with E-state index in [-0.39, 0.29) is 0 Å². The number of methoxy groups -OCH3 is 1. The molecule has 0 amide bonds. The van der Waals surface area contributed by atoms with Crippen molar-refractivity contribution < 1.29 is 4.74 Å². The van der Waals surface area contributed by atoms with E-state index in [0.717, 1.165) is 16.8 Å². The van der Waals surface area contributed by atoms with Gasteiger partial charge in [-0.05, 0) is 11.5 Å². The van der Waals surface area contributed by atoms with E-state index in [4.69, 9.17) is 4.74 Å². The lowest BCUT2D eigenvalue weighted by molar-refractivity contribution is 0.415. The summed E-state index contributed by atoms with van der Waals surface area (Å²) in [5.41, 5.74) is 4.06. The minimum atomic E-state index is 0.821. The first-order valence-corrected chi connectivity index (χ1v) is 5.69. The molecule has 0 saturated heterocycles. The molecule has 0 bridgehead atoms. The molecule has 1 aliphatic heterocycles. The normalized spacial score (nSPS) is 13.7. The van der Waals surface area contributed by atoms with Gasteiger partial charge in [0, 0.05) is 17.8 Å². The van der Waals surface area contributed by atoms with E-state index in [2.05, 4.69) is 28.6 Å². The highest BCUT2D eigenvalue weighted by atomic mass is 16.5. The van der Waals surface area contributed by atoms with Crippen molar-refractivity contribution in [3.8, 4) is 5.75 Å². The molecule has 1 N–H and O–H groups in total.